The highest BCUT2D eigenvalue weighted by Gasteiger charge is 2.16. The van der Waals surface area contributed by atoms with E-state index in [0.717, 1.165) is 31.0 Å². The molecule has 0 aliphatic heterocycles. The van der Waals surface area contributed by atoms with Crippen molar-refractivity contribution >= 4 is 17.3 Å². The van der Waals surface area contributed by atoms with Crippen LogP contribution < -0.4 is 10.6 Å². The Morgan fingerprint density at radius 2 is 1.67 bits per heavy atom. The molecule has 1 aromatic rings. The summed E-state index contributed by atoms with van der Waals surface area (Å²) in [6.45, 7) is 13.3. The smallest absolute Gasteiger partial charge is 0.0410 e. The molecule has 1 atom stereocenters. The standard InChI is InChI=1S/C18H31ClN2/c1-6-17(20)10-15-9-16(19)7-8-18(15)21(11-13(2)3)12-14(4)5/h7-9,13-14,17H,6,10-12,20H2,1-5H3. The Labute approximate surface area is 135 Å². The fourth-order valence-corrected chi connectivity index (χ4v) is 2.80. The van der Waals surface area contributed by atoms with Gasteiger partial charge in [0.25, 0.3) is 0 Å². The van der Waals surface area contributed by atoms with Crippen molar-refractivity contribution in [2.24, 2.45) is 17.6 Å². The second-order valence-electron chi connectivity index (χ2n) is 6.84. The average molecular weight is 311 g/mol. The Hall–Kier alpha value is -0.730. The van der Waals surface area contributed by atoms with Crippen LogP contribution in [0, 0.1) is 11.8 Å². The van der Waals surface area contributed by atoms with Gasteiger partial charge in [0.15, 0.2) is 0 Å². The molecule has 0 aliphatic rings. The highest BCUT2D eigenvalue weighted by Crippen LogP contribution is 2.27. The van der Waals surface area contributed by atoms with Crippen LogP contribution in [0.1, 0.15) is 46.6 Å². The molecule has 0 bridgehead atoms. The van der Waals surface area contributed by atoms with E-state index in [9.17, 15) is 0 Å². The first kappa shape index (κ1) is 18.3. The van der Waals surface area contributed by atoms with Crippen LogP contribution in [0.3, 0.4) is 0 Å². The van der Waals surface area contributed by atoms with Gasteiger partial charge < -0.3 is 10.6 Å². The Balaban J connectivity index is 3.09. The van der Waals surface area contributed by atoms with Gasteiger partial charge in [-0.3, -0.25) is 0 Å². The van der Waals surface area contributed by atoms with E-state index in [4.69, 9.17) is 17.3 Å². The molecule has 0 saturated heterocycles. The van der Waals surface area contributed by atoms with Crippen molar-refractivity contribution in [2.75, 3.05) is 18.0 Å². The van der Waals surface area contributed by atoms with Crippen molar-refractivity contribution in [3.8, 4) is 0 Å². The van der Waals surface area contributed by atoms with E-state index in [1.807, 2.05) is 6.07 Å². The quantitative estimate of drug-likeness (QED) is 0.751. The van der Waals surface area contributed by atoms with Gasteiger partial charge in [-0.25, -0.2) is 0 Å². The Morgan fingerprint density at radius 1 is 1.10 bits per heavy atom. The summed E-state index contributed by atoms with van der Waals surface area (Å²) in [4.78, 5) is 2.49. The van der Waals surface area contributed by atoms with Gasteiger partial charge in [-0.1, -0.05) is 46.2 Å². The van der Waals surface area contributed by atoms with Crippen LogP contribution >= 0.6 is 11.6 Å². The topological polar surface area (TPSA) is 29.3 Å². The number of anilines is 1. The van der Waals surface area contributed by atoms with Crippen LogP contribution in [0.2, 0.25) is 5.02 Å². The minimum atomic E-state index is 0.196. The Bertz CT molecular complexity index is 419. The lowest BCUT2D eigenvalue weighted by Gasteiger charge is -2.31. The van der Waals surface area contributed by atoms with Gasteiger partial charge in [0, 0.05) is 29.8 Å². The van der Waals surface area contributed by atoms with Gasteiger partial charge in [-0.15, -0.1) is 0 Å². The van der Waals surface area contributed by atoms with Crippen LogP contribution in [-0.2, 0) is 6.42 Å². The molecule has 1 aromatic carbocycles. The van der Waals surface area contributed by atoms with Gasteiger partial charge in [0.1, 0.15) is 0 Å². The number of halogens is 1. The van der Waals surface area contributed by atoms with E-state index in [1.165, 1.54) is 11.3 Å². The van der Waals surface area contributed by atoms with E-state index < -0.39 is 0 Å². The van der Waals surface area contributed by atoms with Crippen LogP contribution in [0.25, 0.3) is 0 Å². The number of nitrogens with zero attached hydrogens (tertiary/aromatic N) is 1. The van der Waals surface area contributed by atoms with E-state index >= 15 is 0 Å². The molecule has 0 heterocycles. The third-order valence-corrected chi connectivity index (χ3v) is 3.79. The molecule has 2 nitrogen and oxygen atoms in total. The fourth-order valence-electron chi connectivity index (χ4n) is 2.61. The molecule has 3 heteroatoms. The third-order valence-electron chi connectivity index (χ3n) is 3.56. The molecule has 0 amide bonds. The van der Waals surface area contributed by atoms with Crippen LogP contribution in [0.4, 0.5) is 5.69 Å². The minimum absolute atomic E-state index is 0.196. The summed E-state index contributed by atoms with van der Waals surface area (Å²) in [7, 11) is 0. The molecule has 120 valence electrons. The SMILES string of the molecule is CCC(N)Cc1cc(Cl)ccc1N(CC(C)C)CC(C)C. The molecule has 1 rings (SSSR count). The lowest BCUT2D eigenvalue weighted by atomic mass is 10.0. The van der Waals surface area contributed by atoms with E-state index in [0.29, 0.717) is 11.8 Å². The zero-order valence-electron chi connectivity index (χ0n) is 14.2. The van der Waals surface area contributed by atoms with Crippen molar-refractivity contribution < 1.29 is 0 Å². The lowest BCUT2D eigenvalue weighted by Crippen LogP contribution is -2.33. The maximum Gasteiger partial charge on any atom is 0.0410 e. The summed E-state index contributed by atoms with van der Waals surface area (Å²) in [5.74, 6) is 1.26. The largest absolute Gasteiger partial charge is 0.371 e. The molecule has 0 radical (unpaired) electrons. The third kappa shape index (κ3) is 6.27. The second kappa shape index (κ2) is 8.65. The minimum Gasteiger partial charge on any atom is -0.371 e. The Morgan fingerprint density at radius 3 is 2.14 bits per heavy atom. The predicted molar refractivity (Wildman–Crippen MR) is 95.3 cm³/mol. The first-order valence-electron chi connectivity index (χ1n) is 8.12. The summed E-state index contributed by atoms with van der Waals surface area (Å²) in [5.41, 5.74) is 8.74. The molecule has 2 N–H and O–H groups in total. The highest BCUT2D eigenvalue weighted by molar-refractivity contribution is 6.30. The van der Waals surface area contributed by atoms with E-state index in [-0.39, 0.29) is 6.04 Å². The fraction of sp³-hybridized carbons (Fsp3) is 0.667. The number of hydrogen-bond donors (Lipinski definition) is 1. The van der Waals surface area contributed by atoms with Crippen LogP contribution in [-0.4, -0.2) is 19.1 Å². The average Bonchev–Trinajstić information content (AvgIpc) is 2.36. The van der Waals surface area contributed by atoms with Gasteiger partial charge in [-0.2, -0.15) is 0 Å². The molecule has 0 aromatic heterocycles. The van der Waals surface area contributed by atoms with Gasteiger partial charge in [0.05, 0.1) is 0 Å². The maximum atomic E-state index is 6.20. The maximum absolute atomic E-state index is 6.20. The lowest BCUT2D eigenvalue weighted by molar-refractivity contribution is 0.549. The summed E-state index contributed by atoms with van der Waals surface area (Å²) < 4.78 is 0. The zero-order chi connectivity index (χ0) is 16.0. The monoisotopic (exact) mass is 310 g/mol. The van der Waals surface area contributed by atoms with Gasteiger partial charge >= 0.3 is 0 Å². The molecular weight excluding hydrogens is 280 g/mol. The molecular formula is C18H31ClN2. The molecule has 0 spiro atoms. The molecule has 0 fully saturated rings. The summed E-state index contributed by atoms with van der Waals surface area (Å²) in [6.07, 6.45) is 1.87. The Kier molecular flexibility index (Phi) is 7.55. The molecule has 0 saturated carbocycles. The number of benzene rings is 1. The second-order valence-corrected chi connectivity index (χ2v) is 7.27. The summed E-state index contributed by atoms with van der Waals surface area (Å²) in [5, 5.41) is 0.797. The summed E-state index contributed by atoms with van der Waals surface area (Å²) in [6, 6.07) is 6.43. The van der Waals surface area contributed by atoms with Crippen molar-refractivity contribution in [3.05, 3.63) is 28.8 Å². The van der Waals surface area contributed by atoms with Crippen molar-refractivity contribution in [1.82, 2.24) is 0 Å². The van der Waals surface area contributed by atoms with Gasteiger partial charge in [-0.05, 0) is 48.4 Å². The summed E-state index contributed by atoms with van der Waals surface area (Å²) >= 11 is 6.20. The zero-order valence-corrected chi connectivity index (χ0v) is 15.0. The number of nitrogens with two attached hydrogens (primary N) is 1. The predicted octanol–water partition coefficient (Wildman–Crippen LogP) is 4.74. The van der Waals surface area contributed by atoms with E-state index in [2.05, 4.69) is 51.7 Å². The van der Waals surface area contributed by atoms with Crippen molar-refractivity contribution in [1.29, 1.82) is 0 Å². The van der Waals surface area contributed by atoms with Crippen LogP contribution in [0.5, 0.6) is 0 Å². The van der Waals surface area contributed by atoms with Crippen molar-refractivity contribution in [2.45, 2.75) is 53.5 Å². The molecule has 0 aliphatic carbocycles. The van der Waals surface area contributed by atoms with Crippen LogP contribution in [0.15, 0.2) is 18.2 Å². The molecule has 21 heavy (non-hydrogen) atoms. The first-order valence-corrected chi connectivity index (χ1v) is 8.50. The number of rotatable bonds is 8. The first-order chi connectivity index (χ1) is 9.83. The highest BCUT2D eigenvalue weighted by atomic mass is 35.5. The van der Waals surface area contributed by atoms with E-state index in [1.54, 1.807) is 0 Å². The normalized spacial score (nSPS) is 13.0. The van der Waals surface area contributed by atoms with Gasteiger partial charge in [0.2, 0.25) is 0 Å². The van der Waals surface area contributed by atoms with Crippen molar-refractivity contribution in [3.63, 3.8) is 0 Å². The molecule has 1 unspecified atom stereocenters. The number of hydrogen-bond acceptors (Lipinski definition) is 2.